The minimum absolute atomic E-state index is 0.175. The minimum atomic E-state index is -0.507. The van der Waals surface area contributed by atoms with Gasteiger partial charge < -0.3 is 10.8 Å². The molecule has 1 aromatic rings. The van der Waals surface area contributed by atoms with Crippen molar-refractivity contribution in [1.82, 2.24) is 0 Å². The first-order chi connectivity index (χ1) is 7.18. The lowest BCUT2D eigenvalue weighted by Gasteiger charge is -2.11. The van der Waals surface area contributed by atoms with Gasteiger partial charge in [-0.2, -0.15) is 0 Å². The molecule has 15 heavy (non-hydrogen) atoms. The fraction of sp³-hybridized carbons (Fsp3) is 0.333. The molecule has 1 aromatic carbocycles. The third-order valence-corrected chi connectivity index (χ3v) is 2.88. The van der Waals surface area contributed by atoms with E-state index in [1.807, 2.05) is 0 Å². The second-order valence-electron chi connectivity index (χ2n) is 3.91. The van der Waals surface area contributed by atoms with Crippen LogP contribution >= 0.6 is 0 Å². The minimum Gasteiger partial charge on any atom is -0.508 e. The number of rotatable bonds is 2. The molecule has 1 aliphatic carbocycles. The first-order valence-electron chi connectivity index (χ1n) is 5.14. The standard InChI is InChI=1S/C12H14NO2/c13-12(15)9-5-6-10(11(14)7-9)8-3-1-2-4-8/h3,5-8,14H,1-2,4H2,(H2,13,15). The van der Waals surface area contributed by atoms with E-state index in [2.05, 4.69) is 6.42 Å². The van der Waals surface area contributed by atoms with Crippen molar-refractivity contribution in [2.45, 2.75) is 25.2 Å². The molecule has 0 bridgehead atoms. The highest BCUT2D eigenvalue weighted by atomic mass is 16.3. The Balaban J connectivity index is 2.29. The number of hydrogen-bond donors (Lipinski definition) is 2. The first kappa shape index (κ1) is 10.0. The van der Waals surface area contributed by atoms with Gasteiger partial charge in [-0.1, -0.05) is 12.5 Å². The summed E-state index contributed by atoms with van der Waals surface area (Å²) in [7, 11) is 0. The first-order valence-corrected chi connectivity index (χ1v) is 5.14. The van der Waals surface area contributed by atoms with Crippen LogP contribution in [-0.4, -0.2) is 11.0 Å². The predicted octanol–water partition coefficient (Wildman–Crippen LogP) is 1.96. The number of primary amides is 1. The Morgan fingerprint density at radius 2 is 2.27 bits per heavy atom. The van der Waals surface area contributed by atoms with Crippen molar-refractivity contribution >= 4 is 5.91 Å². The largest absolute Gasteiger partial charge is 0.508 e. The number of phenolic OH excluding ortho intramolecular Hbond substituents is 1. The molecule has 3 N–H and O–H groups in total. The van der Waals surface area contributed by atoms with Crippen LogP contribution in [0.5, 0.6) is 5.75 Å². The van der Waals surface area contributed by atoms with Gasteiger partial charge in [0.05, 0.1) is 0 Å². The molecule has 1 fully saturated rings. The quantitative estimate of drug-likeness (QED) is 0.773. The number of benzene rings is 1. The van der Waals surface area contributed by atoms with Crippen LogP contribution in [0.3, 0.4) is 0 Å². The van der Waals surface area contributed by atoms with Crippen molar-refractivity contribution in [3.63, 3.8) is 0 Å². The fourth-order valence-corrected chi connectivity index (χ4v) is 2.07. The molecule has 0 heterocycles. The Bertz CT molecular complexity index is 381. The highest BCUT2D eigenvalue weighted by Gasteiger charge is 2.20. The summed E-state index contributed by atoms with van der Waals surface area (Å²) in [5.74, 6) is -0.00590. The molecule has 1 aliphatic rings. The SMILES string of the molecule is NC(=O)c1ccc(C2[CH]CCC2)c(O)c1. The van der Waals surface area contributed by atoms with E-state index >= 15 is 0 Å². The topological polar surface area (TPSA) is 63.3 Å². The normalized spacial score (nSPS) is 16.8. The number of aromatic hydroxyl groups is 1. The molecule has 2 rings (SSSR count). The van der Waals surface area contributed by atoms with Crippen molar-refractivity contribution in [1.29, 1.82) is 0 Å². The fourth-order valence-electron chi connectivity index (χ4n) is 2.07. The molecule has 0 aromatic heterocycles. The lowest BCUT2D eigenvalue weighted by Crippen LogP contribution is -2.10. The molecule has 0 saturated heterocycles. The van der Waals surface area contributed by atoms with E-state index in [1.54, 1.807) is 12.1 Å². The average molecular weight is 204 g/mol. The van der Waals surface area contributed by atoms with Gasteiger partial charge in [-0.3, -0.25) is 4.79 Å². The smallest absolute Gasteiger partial charge is 0.248 e. The third-order valence-electron chi connectivity index (χ3n) is 2.88. The Morgan fingerprint density at radius 3 is 2.80 bits per heavy atom. The van der Waals surface area contributed by atoms with Crippen molar-refractivity contribution < 1.29 is 9.90 Å². The zero-order valence-electron chi connectivity index (χ0n) is 8.44. The van der Waals surface area contributed by atoms with Crippen LogP contribution in [0.2, 0.25) is 0 Å². The lowest BCUT2D eigenvalue weighted by atomic mass is 9.95. The number of amides is 1. The number of carbonyl (C=O) groups excluding carboxylic acids is 1. The number of nitrogens with two attached hydrogens (primary N) is 1. The maximum absolute atomic E-state index is 10.9. The van der Waals surface area contributed by atoms with Gasteiger partial charge in [0.2, 0.25) is 5.91 Å². The van der Waals surface area contributed by atoms with Crippen molar-refractivity contribution in [3.8, 4) is 5.75 Å². The number of carbonyl (C=O) groups is 1. The highest BCUT2D eigenvalue weighted by molar-refractivity contribution is 5.93. The highest BCUT2D eigenvalue weighted by Crippen LogP contribution is 2.37. The maximum atomic E-state index is 10.9. The monoisotopic (exact) mass is 204 g/mol. The van der Waals surface area contributed by atoms with Gasteiger partial charge in [-0.05, 0) is 42.9 Å². The van der Waals surface area contributed by atoms with Gasteiger partial charge in [0.25, 0.3) is 0 Å². The lowest BCUT2D eigenvalue weighted by molar-refractivity contribution is 0.1000. The predicted molar refractivity (Wildman–Crippen MR) is 57.5 cm³/mol. The summed E-state index contributed by atoms with van der Waals surface area (Å²) in [5, 5.41) is 9.77. The summed E-state index contributed by atoms with van der Waals surface area (Å²) in [5.41, 5.74) is 6.38. The van der Waals surface area contributed by atoms with E-state index in [0.717, 1.165) is 18.4 Å². The van der Waals surface area contributed by atoms with E-state index in [9.17, 15) is 9.90 Å². The summed E-state index contributed by atoms with van der Waals surface area (Å²) < 4.78 is 0. The number of hydrogen-bond acceptors (Lipinski definition) is 2. The number of phenols is 1. The molecule has 1 amide bonds. The van der Waals surface area contributed by atoms with Crippen LogP contribution in [-0.2, 0) is 0 Å². The zero-order chi connectivity index (χ0) is 10.8. The Hall–Kier alpha value is -1.51. The Kier molecular flexibility index (Phi) is 2.62. The van der Waals surface area contributed by atoms with Crippen LogP contribution < -0.4 is 5.73 Å². The molecular weight excluding hydrogens is 190 g/mol. The van der Waals surface area contributed by atoms with Gasteiger partial charge in [-0.15, -0.1) is 0 Å². The van der Waals surface area contributed by atoms with Gasteiger partial charge in [0, 0.05) is 5.56 Å². The van der Waals surface area contributed by atoms with Crippen LogP contribution in [0.25, 0.3) is 0 Å². The van der Waals surface area contributed by atoms with Crippen molar-refractivity contribution in [2.75, 3.05) is 0 Å². The van der Waals surface area contributed by atoms with Gasteiger partial charge in [-0.25, -0.2) is 0 Å². The summed E-state index contributed by atoms with van der Waals surface area (Å²) in [4.78, 5) is 10.9. The molecular formula is C12H14NO2. The third kappa shape index (κ3) is 1.96. The van der Waals surface area contributed by atoms with E-state index in [-0.39, 0.29) is 5.75 Å². The molecule has 1 unspecified atom stereocenters. The molecule has 0 spiro atoms. The molecule has 1 radical (unpaired) electrons. The van der Waals surface area contributed by atoms with E-state index in [4.69, 9.17) is 5.73 Å². The zero-order valence-corrected chi connectivity index (χ0v) is 8.44. The average Bonchev–Trinajstić information content (AvgIpc) is 2.70. The molecule has 79 valence electrons. The van der Waals surface area contributed by atoms with Crippen LogP contribution in [0.15, 0.2) is 18.2 Å². The van der Waals surface area contributed by atoms with E-state index < -0.39 is 5.91 Å². The van der Waals surface area contributed by atoms with Gasteiger partial charge >= 0.3 is 0 Å². The van der Waals surface area contributed by atoms with Crippen LogP contribution in [0, 0.1) is 6.42 Å². The second kappa shape index (κ2) is 3.93. The molecule has 0 aliphatic heterocycles. The van der Waals surface area contributed by atoms with Gasteiger partial charge in [0.1, 0.15) is 5.75 Å². The Labute approximate surface area is 88.9 Å². The van der Waals surface area contributed by atoms with Crippen LogP contribution in [0.4, 0.5) is 0 Å². The van der Waals surface area contributed by atoms with Gasteiger partial charge in [0.15, 0.2) is 0 Å². The second-order valence-corrected chi connectivity index (χ2v) is 3.91. The van der Waals surface area contributed by atoms with E-state index in [1.165, 1.54) is 12.5 Å². The molecule has 1 saturated carbocycles. The molecule has 3 nitrogen and oxygen atoms in total. The summed E-state index contributed by atoms with van der Waals surface area (Å²) >= 11 is 0. The molecule has 1 atom stereocenters. The van der Waals surface area contributed by atoms with Crippen molar-refractivity contribution in [3.05, 3.63) is 35.7 Å². The maximum Gasteiger partial charge on any atom is 0.248 e. The van der Waals surface area contributed by atoms with Crippen LogP contribution in [0.1, 0.15) is 41.1 Å². The summed E-state index contributed by atoms with van der Waals surface area (Å²) in [6.07, 6.45) is 5.55. The Morgan fingerprint density at radius 1 is 1.47 bits per heavy atom. The van der Waals surface area contributed by atoms with E-state index in [0.29, 0.717) is 11.5 Å². The van der Waals surface area contributed by atoms with Crippen molar-refractivity contribution in [2.24, 2.45) is 5.73 Å². The molecule has 3 heteroatoms. The summed E-state index contributed by atoms with van der Waals surface area (Å²) in [6.45, 7) is 0. The summed E-state index contributed by atoms with van der Waals surface area (Å²) in [6, 6.07) is 4.91.